The highest BCUT2D eigenvalue weighted by atomic mass is 28.3. The molecule has 1 rings (SSSR count). The van der Waals surface area contributed by atoms with Crippen LogP contribution in [0.15, 0.2) is 30.3 Å². The van der Waals surface area contributed by atoms with Crippen LogP contribution in [0.4, 0.5) is 0 Å². The van der Waals surface area contributed by atoms with Crippen molar-refractivity contribution in [1.82, 2.24) is 0 Å². The van der Waals surface area contributed by atoms with E-state index in [2.05, 4.69) is 50.0 Å². The zero-order chi connectivity index (χ0) is 11.3. The fourth-order valence-corrected chi connectivity index (χ4v) is 2.51. The normalized spacial score (nSPS) is 11.6. The summed E-state index contributed by atoms with van der Waals surface area (Å²) >= 11 is 0. The molecule has 0 aliphatic heterocycles. The number of nitrogens with zero attached hydrogens (tertiary/aromatic N) is 1. The standard InChI is InChI=1S/C13H17NSi/c1-15(2,3)13-9-7-12(8-10-13)6-4-5-11-14/h4,6-10H,5H2,1-3H3. The summed E-state index contributed by atoms with van der Waals surface area (Å²) in [5.74, 6) is 0. The van der Waals surface area contributed by atoms with E-state index in [9.17, 15) is 0 Å². The van der Waals surface area contributed by atoms with Gasteiger partial charge in [-0.05, 0) is 5.56 Å². The van der Waals surface area contributed by atoms with Gasteiger partial charge >= 0.3 is 0 Å². The van der Waals surface area contributed by atoms with Crippen LogP contribution in [0.1, 0.15) is 12.0 Å². The number of rotatable bonds is 3. The van der Waals surface area contributed by atoms with Crippen LogP contribution in [0.25, 0.3) is 6.08 Å². The van der Waals surface area contributed by atoms with Gasteiger partial charge in [-0.2, -0.15) is 5.26 Å². The molecule has 1 aromatic rings. The molecule has 1 nitrogen and oxygen atoms in total. The molecule has 0 bridgehead atoms. The third-order valence-electron chi connectivity index (χ3n) is 2.30. The van der Waals surface area contributed by atoms with Gasteiger partial charge in [0.25, 0.3) is 0 Å². The van der Waals surface area contributed by atoms with E-state index in [1.165, 1.54) is 10.8 Å². The van der Waals surface area contributed by atoms with Crippen molar-refractivity contribution in [2.45, 2.75) is 26.1 Å². The zero-order valence-corrected chi connectivity index (χ0v) is 10.6. The number of hydrogen-bond acceptors (Lipinski definition) is 1. The van der Waals surface area contributed by atoms with E-state index in [4.69, 9.17) is 5.26 Å². The molecule has 0 heterocycles. The van der Waals surface area contributed by atoms with Gasteiger partial charge in [-0.1, -0.05) is 61.2 Å². The predicted molar refractivity (Wildman–Crippen MR) is 68.7 cm³/mol. The largest absolute Gasteiger partial charge is 0.198 e. The van der Waals surface area contributed by atoms with Crippen molar-refractivity contribution in [2.24, 2.45) is 0 Å². The molecule has 0 aromatic heterocycles. The van der Waals surface area contributed by atoms with Gasteiger partial charge in [0.2, 0.25) is 0 Å². The monoisotopic (exact) mass is 215 g/mol. The minimum absolute atomic E-state index is 0.482. The molecule has 2 heteroatoms. The van der Waals surface area contributed by atoms with Gasteiger partial charge in [-0.25, -0.2) is 0 Å². The number of allylic oxidation sites excluding steroid dienone is 1. The van der Waals surface area contributed by atoms with Crippen molar-refractivity contribution in [3.63, 3.8) is 0 Å². The van der Waals surface area contributed by atoms with E-state index < -0.39 is 8.07 Å². The van der Waals surface area contributed by atoms with E-state index in [1.807, 2.05) is 12.2 Å². The van der Waals surface area contributed by atoms with Crippen LogP contribution in [0.3, 0.4) is 0 Å². The van der Waals surface area contributed by atoms with Crippen molar-refractivity contribution in [1.29, 1.82) is 5.26 Å². The Labute approximate surface area is 93.1 Å². The fourth-order valence-electron chi connectivity index (χ4n) is 1.34. The Morgan fingerprint density at radius 3 is 2.27 bits per heavy atom. The molecule has 78 valence electrons. The van der Waals surface area contributed by atoms with Crippen LogP contribution in [0, 0.1) is 11.3 Å². The van der Waals surface area contributed by atoms with Crippen molar-refractivity contribution < 1.29 is 0 Å². The molecule has 0 atom stereocenters. The average molecular weight is 215 g/mol. The van der Waals surface area contributed by atoms with Gasteiger partial charge in [0.1, 0.15) is 0 Å². The third kappa shape index (κ3) is 3.73. The lowest BCUT2D eigenvalue weighted by atomic mass is 10.2. The summed E-state index contributed by atoms with van der Waals surface area (Å²) in [7, 11) is -1.17. The Morgan fingerprint density at radius 1 is 1.20 bits per heavy atom. The summed E-state index contributed by atoms with van der Waals surface area (Å²) in [5, 5.41) is 9.87. The Hall–Kier alpha value is -1.33. The van der Waals surface area contributed by atoms with Gasteiger partial charge in [0, 0.05) is 0 Å². The lowest BCUT2D eigenvalue weighted by Gasteiger charge is -2.16. The molecular weight excluding hydrogens is 198 g/mol. The molecule has 0 unspecified atom stereocenters. The maximum absolute atomic E-state index is 8.40. The molecule has 0 spiro atoms. The second-order valence-electron chi connectivity index (χ2n) is 4.64. The number of nitriles is 1. The van der Waals surface area contributed by atoms with E-state index >= 15 is 0 Å². The molecule has 0 amide bonds. The van der Waals surface area contributed by atoms with Crippen molar-refractivity contribution in [3.05, 3.63) is 35.9 Å². The molecule has 0 N–H and O–H groups in total. The maximum atomic E-state index is 8.40. The Kier molecular flexibility index (Phi) is 3.87. The first-order valence-corrected chi connectivity index (χ1v) is 8.68. The summed E-state index contributed by atoms with van der Waals surface area (Å²) in [6, 6.07) is 10.8. The third-order valence-corrected chi connectivity index (χ3v) is 4.36. The first-order valence-electron chi connectivity index (χ1n) is 5.18. The van der Waals surface area contributed by atoms with Crippen LogP contribution in [0.5, 0.6) is 0 Å². The van der Waals surface area contributed by atoms with Gasteiger partial charge in [-0.15, -0.1) is 0 Å². The SMILES string of the molecule is C[Si](C)(C)c1ccc(C=CCC#N)cc1. The van der Waals surface area contributed by atoms with Gasteiger partial charge in [0.15, 0.2) is 0 Å². The average Bonchev–Trinajstić information content (AvgIpc) is 2.18. The summed E-state index contributed by atoms with van der Waals surface area (Å²) < 4.78 is 0. The van der Waals surface area contributed by atoms with Crippen LogP contribution in [-0.2, 0) is 0 Å². The van der Waals surface area contributed by atoms with E-state index in [-0.39, 0.29) is 0 Å². The topological polar surface area (TPSA) is 23.8 Å². The molecule has 0 saturated heterocycles. The summed E-state index contributed by atoms with van der Waals surface area (Å²) in [6.07, 6.45) is 4.37. The second kappa shape index (κ2) is 4.95. The van der Waals surface area contributed by atoms with E-state index in [1.54, 1.807) is 0 Å². The maximum Gasteiger partial charge on any atom is 0.0775 e. The molecule has 0 fully saturated rings. The highest BCUT2D eigenvalue weighted by Crippen LogP contribution is 2.06. The first-order chi connectivity index (χ1) is 7.04. The predicted octanol–water partition coefficient (Wildman–Crippen LogP) is 3.16. The quantitative estimate of drug-likeness (QED) is 0.711. The van der Waals surface area contributed by atoms with Gasteiger partial charge in [0.05, 0.1) is 20.6 Å². The lowest BCUT2D eigenvalue weighted by molar-refractivity contribution is 1.36. The smallest absolute Gasteiger partial charge is 0.0775 e. The lowest BCUT2D eigenvalue weighted by Crippen LogP contribution is -2.37. The Morgan fingerprint density at radius 2 is 1.80 bits per heavy atom. The van der Waals surface area contributed by atoms with Crippen molar-refractivity contribution in [2.75, 3.05) is 0 Å². The summed E-state index contributed by atoms with van der Waals surface area (Å²) in [4.78, 5) is 0. The molecule has 0 radical (unpaired) electrons. The van der Waals surface area contributed by atoms with Crippen molar-refractivity contribution >= 4 is 19.3 Å². The van der Waals surface area contributed by atoms with E-state index in [0.717, 1.165) is 0 Å². The molecule has 0 aliphatic rings. The van der Waals surface area contributed by atoms with Crippen LogP contribution < -0.4 is 5.19 Å². The highest BCUT2D eigenvalue weighted by Gasteiger charge is 2.15. The fraction of sp³-hybridized carbons (Fsp3) is 0.308. The number of hydrogen-bond donors (Lipinski definition) is 0. The minimum atomic E-state index is -1.17. The van der Waals surface area contributed by atoms with Crippen LogP contribution in [0.2, 0.25) is 19.6 Å². The zero-order valence-electron chi connectivity index (χ0n) is 9.62. The van der Waals surface area contributed by atoms with Crippen molar-refractivity contribution in [3.8, 4) is 6.07 Å². The Balaban J connectivity index is 2.78. The van der Waals surface area contributed by atoms with E-state index in [0.29, 0.717) is 6.42 Å². The molecule has 1 aromatic carbocycles. The van der Waals surface area contributed by atoms with Crippen LogP contribution in [-0.4, -0.2) is 8.07 Å². The molecular formula is C13H17NSi. The molecule has 15 heavy (non-hydrogen) atoms. The minimum Gasteiger partial charge on any atom is -0.198 e. The highest BCUT2D eigenvalue weighted by molar-refractivity contribution is 6.88. The van der Waals surface area contributed by atoms with Crippen LogP contribution >= 0.6 is 0 Å². The summed E-state index contributed by atoms with van der Waals surface area (Å²) in [6.45, 7) is 7.02. The molecule has 0 aliphatic carbocycles. The van der Waals surface area contributed by atoms with Gasteiger partial charge in [-0.3, -0.25) is 0 Å². The Bertz CT molecular complexity index is 376. The summed E-state index contributed by atoms with van der Waals surface area (Å²) in [5.41, 5.74) is 1.17. The van der Waals surface area contributed by atoms with Gasteiger partial charge < -0.3 is 0 Å². The first kappa shape index (κ1) is 11.7. The number of benzene rings is 1. The second-order valence-corrected chi connectivity index (χ2v) is 9.71. The molecule has 0 saturated carbocycles.